The van der Waals surface area contributed by atoms with Gasteiger partial charge in [0.05, 0.1) is 0 Å². The molecule has 17 heavy (non-hydrogen) atoms. The molecule has 1 aromatic rings. The van der Waals surface area contributed by atoms with E-state index in [1.165, 1.54) is 4.68 Å². The van der Waals surface area contributed by atoms with Crippen molar-refractivity contribution < 1.29 is 4.79 Å². The van der Waals surface area contributed by atoms with E-state index in [0.29, 0.717) is 18.2 Å². The van der Waals surface area contributed by atoms with Gasteiger partial charge >= 0.3 is 0 Å². The van der Waals surface area contributed by atoms with Gasteiger partial charge in [0.15, 0.2) is 5.82 Å². The van der Waals surface area contributed by atoms with Crippen molar-refractivity contribution in [3.05, 3.63) is 5.82 Å². The van der Waals surface area contributed by atoms with E-state index in [1.807, 2.05) is 13.8 Å². The average Bonchev–Trinajstić information content (AvgIpc) is 2.53. The maximum absolute atomic E-state index is 12.1. The minimum Gasteiger partial charge on any atom is -0.368 e. The highest BCUT2D eigenvalue weighted by Crippen LogP contribution is 2.20. The minimum absolute atomic E-state index is 0.0307. The van der Waals surface area contributed by atoms with E-state index in [1.54, 1.807) is 7.05 Å². The van der Waals surface area contributed by atoms with Crippen LogP contribution in [-0.4, -0.2) is 20.5 Å². The number of aromatic nitrogens is 3. The van der Waals surface area contributed by atoms with Gasteiger partial charge in [-0.1, -0.05) is 27.7 Å². The van der Waals surface area contributed by atoms with Crippen LogP contribution in [0, 0.1) is 17.8 Å². The van der Waals surface area contributed by atoms with E-state index in [2.05, 4.69) is 23.9 Å². The monoisotopic (exact) mass is 238 g/mol. The first-order chi connectivity index (χ1) is 7.82. The number of nitrogens with zero attached hydrogens (tertiary/aromatic N) is 3. The molecule has 2 N–H and O–H groups in total. The molecule has 5 heteroatoms. The zero-order valence-electron chi connectivity index (χ0n) is 11.3. The quantitative estimate of drug-likeness (QED) is 0.842. The lowest BCUT2D eigenvalue weighted by Gasteiger charge is -2.20. The lowest BCUT2D eigenvalue weighted by molar-refractivity contribution is -0.127. The van der Waals surface area contributed by atoms with Crippen molar-refractivity contribution in [1.29, 1.82) is 0 Å². The smallest absolute Gasteiger partial charge is 0.218 e. The van der Waals surface area contributed by atoms with E-state index >= 15 is 0 Å². The van der Waals surface area contributed by atoms with Crippen LogP contribution >= 0.6 is 0 Å². The highest BCUT2D eigenvalue weighted by molar-refractivity contribution is 5.83. The molecule has 1 rings (SSSR count). The van der Waals surface area contributed by atoms with E-state index in [9.17, 15) is 4.79 Å². The second kappa shape index (κ2) is 5.29. The Labute approximate surface area is 102 Å². The van der Waals surface area contributed by atoms with Gasteiger partial charge in [-0.15, -0.1) is 0 Å². The summed E-state index contributed by atoms with van der Waals surface area (Å²) in [4.78, 5) is 16.2. The molecule has 5 nitrogen and oxygen atoms in total. The Hall–Kier alpha value is -1.39. The second-order valence-electron chi connectivity index (χ2n) is 5.12. The van der Waals surface area contributed by atoms with Crippen LogP contribution in [0.3, 0.4) is 0 Å². The van der Waals surface area contributed by atoms with Crippen LogP contribution in [0.4, 0.5) is 5.95 Å². The zero-order chi connectivity index (χ0) is 13.2. The maximum atomic E-state index is 12.1. The Balaban J connectivity index is 2.84. The van der Waals surface area contributed by atoms with E-state index < -0.39 is 0 Å². The number of hydrogen-bond donors (Lipinski definition) is 1. The molecule has 1 heterocycles. The minimum atomic E-state index is -0.0307. The van der Waals surface area contributed by atoms with Crippen molar-refractivity contribution in [3.63, 3.8) is 0 Å². The predicted molar refractivity (Wildman–Crippen MR) is 67.3 cm³/mol. The molecule has 0 radical (unpaired) electrons. The number of anilines is 1. The summed E-state index contributed by atoms with van der Waals surface area (Å²) in [5.41, 5.74) is 5.63. The second-order valence-corrected chi connectivity index (χ2v) is 5.12. The molecule has 0 spiro atoms. The van der Waals surface area contributed by atoms with Crippen LogP contribution < -0.4 is 5.73 Å². The number of nitrogens with two attached hydrogens (primary N) is 1. The Morgan fingerprint density at radius 3 is 2.29 bits per heavy atom. The average molecular weight is 238 g/mol. The van der Waals surface area contributed by atoms with Crippen molar-refractivity contribution in [3.8, 4) is 0 Å². The summed E-state index contributed by atoms with van der Waals surface area (Å²) in [6.07, 6.45) is 0.569. The molecular formula is C12H22N4O. The van der Waals surface area contributed by atoms with Crippen LogP contribution in [-0.2, 0) is 18.3 Å². The molecule has 0 aliphatic carbocycles. The molecule has 0 bridgehead atoms. The van der Waals surface area contributed by atoms with E-state index in [0.717, 1.165) is 0 Å². The number of rotatable bonds is 5. The van der Waals surface area contributed by atoms with Gasteiger partial charge in [0.2, 0.25) is 5.95 Å². The van der Waals surface area contributed by atoms with Gasteiger partial charge in [-0.05, 0) is 5.92 Å². The summed E-state index contributed by atoms with van der Waals surface area (Å²) in [7, 11) is 1.75. The number of carbonyl (C=O) groups is 1. The van der Waals surface area contributed by atoms with Gasteiger partial charge in [-0.2, -0.15) is 10.1 Å². The molecule has 0 aliphatic heterocycles. The lowest BCUT2D eigenvalue weighted by Crippen LogP contribution is -2.27. The first-order valence-electron chi connectivity index (χ1n) is 6.02. The van der Waals surface area contributed by atoms with Crippen LogP contribution in [0.5, 0.6) is 0 Å². The van der Waals surface area contributed by atoms with Gasteiger partial charge in [0.1, 0.15) is 5.78 Å². The molecule has 0 saturated heterocycles. The van der Waals surface area contributed by atoms with Crippen molar-refractivity contribution >= 4 is 11.7 Å². The number of ketones is 1. The third kappa shape index (κ3) is 3.28. The van der Waals surface area contributed by atoms with Crippen LogP contribution in [0.1, 0.15) is 33.5 Å². The molecule has 0 amide bonds. The van der Waals surface area contributed by atoms with Gasteiger partial charge < -0.3 is 5.73 Å². The third-order valence-corrected chi connectivity index (χ3v) is 2.98. The lowest BCUT2D eigenvalue weighted by atomic mass is 9.84. The summed E-state index contributed by atoms with van der Waals surface area (Å²) in [5.74, 6) is 1.61. The van der Waals surface area contributed by atoms with Crippen LogP contribution in [0.2, 0.25) is 0 Å². The summed E-state index contributed by atoms with van der Waals surface area (Å²) >= 11 is 0. The van der Waals surface area contributed by atoms with Crippen molar-refractivity contribution in [2.45, 2.75) is 34.1 Å². The normalized spacial score (nSPS) is 13.4. The molecule has 1 aromatic heterocycles. The zero-order valence-corrected chi connectivity index (χ0v) is 11.3. The SMILES string of the molecule is CC(C)C(=O)[C@@H](Cc1nc(N)n(C)n1)C(C)C. The standard InChI is InChI=1S/C12H22N4O/c1-7(2)9(11(17)8(3)4)6-10-14-12(13)16(5)15-10/h7-9H,6H2,1-5H3,(H2,13,14,15)/t9-/m0/s1. The number of hydrogen-bond acceptors (Lipinski definition) is 4. The molecule has 1 atom stereocenters. The van der Waals surface area contributed by atoms with Crippen LogP contribution in [0.25, 0.3) is 0 Å². The Morgan fingerprint density at radius 2 is 1.94 bits per heavy atom. The highest BCUT2D eigenvalue weighted by Gasteiger charge is 2.26. The number of carbonyl (C=O) groups excluding carboxylic acids is 1. The third-order valence-electron chi connectivity index (χ3n) is 2.98. The van der Waals surface area contributed by atoms with Gasteiger partial charge in [0, 0.05) is 25.3 Å². The summed E-state index contributed by atoms with van der Waals surface area (Å²) in [5, 5.41) is 4.20. The first kappa shape index (κ1) is 13.7. The molecule has 0 unspecified atom stereocenters. The van der Waals surface area contributed by atoms with Crippen LogP contribution in [0.15, 0.2) is 0 Å². The summed E-state index contributed by atoms with van der Waals surface area (Å²) in [6.45, 7) is 7.96. The number of aryl methyl sites for hydroxylation is 1. The van der Waals surface area contributed by atoms with Crippen molar-refractivity contribution in [2.24, 2.45) is 24.8 Å². The van der Waals surface area contributed by atoms with E-state index in [-0.39, 0.29) is 23.5 Å². The maximum Gasteiger partial charge on any atom is 0.218 e. The summed E-state index contributed by atoms with van der Waals surface area (Å²) in [6, 6.07) is 0. The van der Waals surface area contributed by atoms with E-state index in [4.69, 9.17) is 5.73 Å². The number of Topliss-reactive ketones (excluding diaryl/α,β-unsaturated/α-hetero) is 1. The largest absolute Gasteiger partial charge is 0.368 e. The Bertz CT molecular complexity index is 376. The van der Waals surface area contributed by atoms with Crippen molar-refractivity contribution in [1.82, 2.24) is 14.8 Å². The Morgan fingerprint density at radius 1 is 1.35 bits per heavy atom. The molecule has 96 valence electrons. The van der Waals surface area contributed by atoms with Gasteiger partial charge in [0.25, 0.3) is 0 Å². The summed E-state index contributed by atoms with van der Waals surface area (Å²) < 4.78 is 1.53. The van der Waals surface area contributed by atoms with Gasteiger partial charge in [-0.3, -0.25) is 4.79 Å². The Kier molecular flexibility index (Phi) is 4.26. The predicted octanol–water partition coefficient (Wildman–Crippen LogP) is 1.44. The van der Waals surface area contributed by atoms with Crippen molar-refractivity contribution in [2.75, 3.05) is 5.73 Å². The first-order valence-corrected chi connectivity index (χ1v) is 6.02. The fourth-order valence-electron chi connectivity index (χ4n) is 1.83. The molecule has 0 aromatic carbocycles. The molecule has 0 fully saturated rings. The molecular weight excluding hydrogens is 216 g/mol. The number of nitrogen functional groups attached to an aromatic ring is 1. The van der Waals surface area contributed by atoms with Gasteiger partial charge in [-0.25, -0.2) is 4.68 Å². The molecule has 0 saturated carbocycles. The fourth-order valence-corrected chi connectivity index (χ4v) is 1.83. The fraction of sp³-hybridized carbons (Fsp3) is 0.750. The molecule has 0 aliphatic rings. The topological polar surface area (TPSA) is 73.8 Å². The highest BCUT2D eigenvalue weighted by atomic mass is 16.1.